The monoisotopic (exact) mass is 422 g/mol. The Hall–Kier alpha value is -3.03. The number of fused-ring (bicyclic) bond motifs is 1. The summed E-state index contributed by atoms with van der Waals surface area (Å²) in [5.41, 5.74) is 3.27. The molecule has 6 nitrogen and oxygen atoms in total. The Morgan fingerprint density at radius 1 is 1.06 bits per heavy atom. The largest absolute Gasteiger partial charge is 0.385 e. The van der Waals surface area contributed by atoms with Crippen LogP contribution in [0.1, 0.15) is 23.2 Å². The van der Waals surface area contributed by atoms with E-state index in [0.29, 0.717) is 37.9 Å². The first-order valence-electron chi connectivity index (χ1n) is 10.5. The van der Waals surface area contributed by atoms with Crippen LogP contribution in [0, 0.1) is 12.7 Å². The zero-order valence-electron chi connectivity index (χ0n) is 17.9. The summed E-state index contributed by atoms with van der Waals surface area (Å²) >= 11 is 0. The van der Waals surface area contributed by atoms with Crippen LogP contribution < -0.4 is 10.5 Å². The summed E-state index contributed by atoms with van der Waals surface area (Å²) < 4.78 is 20.4. The molecule has 0 saturated heterocycles. The second-order valence-electron chi connectivity index (χ2n) is 7.80. The van der Waals surface area contributed by atoms with Gasteiger partial charge in [0.15, 0.2) is 0 Å². The Morgan fingerprint density at radius 2 is 1.81 bits per heavy atom. The maximum Gasteiger partial charge on any atom is 0.259 e. The molecule has 162 valence electrons. The zero-order chi connectivity index (χ0) is 21.8. The highest BCUT2D eigenvalue weighted by atomic mass is 19.1. The summed E-state index contributed by atoms with van der Waals surface area (Å²) in [7, 11) is 1.68. The number of methoxy groups -OCH3 is 1. The van der Waals surface area contributed by atoms with Crippen LogP contribution >= 0.6 is 0 Å². The molecule has 7 heteroatoms. The van der Waals surface area contributed by atoms with E-state index in [-0.39, 0.29) is 11.4 Å². The fourth-order valence-corrected chi connectivity index (χ4v) is 3.92. The molecule has 3 aromatic rings. The number of nitrogens with zero attached hydrogens (tertiary/aromatic N) is 4. The molecule has 4 rings (SSSR count). The van der Waals surface area contributed by atoms with Crippen LogP contribution in [-0.4, -0.2) is 41.4 Å². The van der Waals surface area contributed by atoms with E-state index in [0.717, 1.165) is 29.9 Å². The van der Waals surface area contributed by atoms with Gasteiger partial charge in [0.25, 0.3) is 5.56 Å². The van der Waals surface area contributed by atoms with Crippen molar-refractivity contribution in [3.05, 3.63) is 87.6 Å². The maximum atomic E-state index is 13.5. The lowest BCUT2D eigenvalue weighted by Gasteiger charge is -2.38. The first kappa shape index (κ1) is 21.2. The minimum atomic E-state index is -0.294. The number of hydrogen-bond acceptors (Lipinski definition) is 5. The summed E-state index contributed by atoms with van der Waals surface area (Å²) in [5, 5.41) is 0. The van der Waals surface area contributed by atoms with E-state index in [9.17, 15) is 9.18 Å². The number of benzene rings is 2. The Labute approximate surface area is 181 Å². The molecular weight excluding hydrogens is 395 g/mol. The second-order valence-corrected chi connectivity index (χ2v) is 7.80. The van der Waals surface area contributed by atoms with Gasteiger partial charge in [0.1, 0.15) is 5.82 Å². The molecule has 0 unspecified atom stereocenters. The van der Waals surface area contributed by atoms with Crippen molar-refractivity contribution in [3.63, 3.8) is 0 Å². The summed E-state index contributed by atoms with van der Waals surface area (Å²) in [5.74, 6) is 0.298. The molecule has 1 aliphatic heterocycles. The van der Waals surface area contributed by atoms with Crippen LogP contribution in [0.3, 0.4) is 0 Å². The zero-order valence-corrected chi connectivity index (χ0v) is 17.9. The van der Waals surface area contributed by atoms with Crippen molar-refractivity contribution < 1.29 is 9.13 Å². The highest BCUT2D eigenvalue weighted by Gasteiger charge is 2.27. The molecular formula is C24H27FN4O2. The first-order valence-corrected chi connectivity index (χ1v) is 10.5. The van der Waals surface area contributed by atoms with Gasteiger partial charge in [-0.15, -0.1) is 0 Å². The molecule has 2 heterocycles. The van der Waals surface area contributed by atoms with Gasteiger partial charge >= 0.3 is 0 Å². The molecule has 0 amide bonds. The lowest BCUT2D eigenvalue weighted by atomic mass is 10.1. The maximum absolute atomic E-state index is 13.5. The predicted molar refractivity (Wildman–Crippen MR) is 119 cm³/mol. The molecule has 0 aliphatic carbocycles. The number of hydrogen-bond donors (Lipinski definition) is 0. The Bertz CT molecular complexity index is 1080. The van der Waals surface area contributed by atoms with Gasteiger partial charge in [-0.05, 0) is 43.2 Å². The van der Waals surface area contributed by atoms with Crippen molar-refractivity contribution >= 4 is 11.6 Å². The number of aryl methyl sites for hydroxylation is 1. The van der Waals surface area contributed by atoms with Crippen LogP contribution in [0.4, 0.5) is 16.0 Å². The van der Waals surface area contributed by atoms with Gasteiger partial charge in [0.2, 0.25) is 5.95 Å². The Balaban J connectivity index is 1.74. The molecule has 0 radical (unpaired) electrons. The topological polar surface area (TPSA) is 50.6 Å². The molecule has 0 fully saturated rings. The summed E-state index contributed by atoms with van der Waals surface area (Å²) in [6.07, 6.45) is 1.40. The fraction of sp³-hybridized carbons (Fsp3) is 0.333. The standard InChI is InChI=1S/C24H27FN4O2/c1-18-22(15-19-7-4-3-5-8-19)23(30)29-17-27(13-6-14-31-2)16-28(24(29)26-18)21-11-9-20(25)10-12-21/h3-5,7-12H,6,13-17H2,1-2H3. The average Bonchev–Trinajstić information content (AvgIpc) is 2.78. The summed E-state index contributed by atoms with van der Waals surface area (Å²) in [6, 6.07) is 16.2. The number of anilines is 2. The van der Waals surface area contributed by atoms with Gasteiger partial charge in [-0.25, -0.2) is 9.37 Å². The highest BCUT2D eigenvalue weighted by Crippen LogP contribution is 2.28. The van der Waals surface area contributed by atoms with Gasteiger partial charge in [0, 0.05) is 37.9 Å². The molecule has 0 spiro atoms. The number of aromatic nitrogens is 2. The van der Waals surface area contributed by atoms with Crippen molar-refractivity contribution in [2.45, 2.75) is 26.4 Å². The van der Waals surface area contributed by atoms with Crippen LogP contribution in [0.2, 0.25) is 0 Å². The van der Waals surface area contributed by atoms with Gasteiger partial charge in [-0.3, -0.25) is 19.2 Å². The lowest BCUT2D eigenvalue weighted by molar-refractivity contribution is 0.150. The van der Waals surface area contributed by atoms with Crippen molar-refractivity contribution in [1.82, 2.24) is 14.5 Å². The van der Waals surface area contributed by atoms with E-state index in [4.69, 9.17) is 9.72 Å². The molecule has 2 aromatic carbocycles. The SMILES string of the molecule is COCCCN1CN(c2ccc(F)cc2)c2nc(C)c(Cc3ccccc3)c(=O)n2C1. The second kappa shape index (κ2) is 9.41. The molecule has 0 atom stereocenters. The third-order valence-electron chi connectivity index (χ3n) is 5.56. The van der Waals surface area contributed by atoms with Crippen LogP contribution in [0.25, 0.3) is 0 Å². The summed E-state index contributed by atoms with van der Waals surface area (Å²) in [6.45, 7) is 4.34. The average molecular weight is 423 g/mol. The van der Waals surface area contributed by atoms with Crippen LogP contribution in [0.5, 0.6) is 0 Å². The van der Waals surface area contributed by atoms with E-state index in [1.807, 2.05) is 42.2 Å². The smallest absolute Gasteiger partial charge is 0.259 e. The van der Waals surface area contributed by atoms with E-state index in [2.05, 4.69) is 4.90 Å². The van der Waals surface area contributed by atoms with Crippen molar-refractivity contribution in [3.8, 4) is 0 Å². The van der Waals surface area contributed by atoms with E-state index in [1.54, 1.807) is 23.8 Å². The first-order chi connectivity index (χ1) is 15.1. The van der Waals surface area contributed by atoms with Crippen LogP contribution in [0.15, 0.2) is 59.4 Å². The number of halogens is 1. The van der Waals surface area contributed by atoms with E-state index >= 15 is 0 Å². The van der Waals surface area contributed by atoms with Crippen molar-refractivity contribution in [1.29, 1.82) is 0 Å². The van der Waals surface area contributed by atoms with Gasteiger partial charge in [-0.1, -0.05) is 30.3 Å². The highest BCUT2D eigenvalue weighted by molar-refractivity contribution is 5.58. The van der Waals surface area contributed by atoms with E-state index < -0.39 is 0 Å². The molecule has 31 heavy (non-hydrogen) atoms. The molecule has 0 N–H and O–H groups in total. The third-order valence-corrected chi connectivity index (χ3v) is 5.56. The molecule has 1 aliphatic rings. The van der Waals surface area contributed by atoms with Gasteiger partial charge in [0.05, 0.1) is 19.0 Å². The predicted octanol–water partition coefficient (Wildman–Crippen LogP) is 3.69. The lowest BCUT2D eigenvalue weighted by Crippen LogP contribution is -2.48. The minimum Gasteiger partial charge on any atom is -0.385 e. The molecule has 1 aromatic heterocycles. The van der Waals surface area contributed by atoms with E-state index in [1.165, 1.54) is 12.1 Å². The van der Waals surface area contributed by atoms with Gasteiger partial charge < -0.3 is 4.74 Å². The Morgan fingerprint density at radius 3 is 2.52 bits per heavy atom. The van der Waals surface area contributed by atoms with Crippen LogP contribution in [-0.2, 0) is 17.8 Å². The third kappa shape index (κ3) is 4.68. The minimum absolute atomic E-state index is 0.0325. The quantitative estimate of drug-likeness (QED) is 0.544. The number of ether oxygens (including phenoxy) is 1. The normalized spacial score (nSPS) is 14.0. The summed E-state index contributed by atoms with van der Waals surface area (Å²) in [4.78, 5) is 22.5. The van der Waals surface area contributed by atoms with Crippen molar-refractivity contribution in [2.75, 3.05) is 31.8 Å². The molecule has 0 bridgehead atoms. The van der Waals surface area contributed by atoms with Gasteiger partial charge in [-0.2, -0.15) is 0 Å². The fourth-order valence-electron chi connectivity index (χ4n) is 3.92. The Kier molecular flexibility index (Phi) is 6.44. The van der Waals surface area contributed by atoms with Crippen molar-refractivity contribution in [2.24, 2.45) is 0 Å². The number of rotatable bonds is 7. The molecule has 0 saturated carbocycles.